The number of para-hydroxylation sites is 3. The second-order valence-corrected chi connectivity index (χ2v) is 10.7. The minimum atomic E-state index is 0.0575. The first kappa shape index (κ1) is 23.2. The molecule has 0 amide bonds. The lowest BCUT2D eigenvalue weighted by Crippen LogP contribution is -2.39. The average Bonchev–Trinajstić information content (AvgIpc) is 2.93. The fourth-order valence-electron chi connectivity index (χ4n) is 5.16. The van der Waals surface area contributed by atoms with E-state index in [2.05, 4.69) is 141 Å². The van der Waals surface area contributed by atoms with Gasteiger partial charge in [0.15, 0.2) is 0 Å². The summed E-state index contributed by atoms with van der Waals surface area (Å²) in [7, 11) is 0. The van der Waals surface area contributed by atoms with Crippen molar-refractivity contribution in [2.24, 2.45) is 4.99 Å². The van der Waals surface area contributed by atoms with Crippen molar-refractivity contribution >= 4 is 28.1 Å². The van der Waals surface area contributed by atoms with Crippen molar-refractivity contribution < 1.29 is 0 Å². The second kappa shape index (κ2) is 9.33. The first-order valence-electron chi connectivity index (χ1n) is 12.9. The van der Waals surface area contributed by atoms with E-state index in [1.807, 2.05) is 0 Å². The van der Waals surface area contributed by atoms with Gasteiger partial charge in [-0.3, -0.25) is 4.98 Å². The Kier molecular flexibility index (Phi) is 5.84. The van der Waals surface area contributed by atoms with Crippen LogP contribution in [-0.2, 0) is 11.8 Å². The maximum Gasteiger partial charge on any atom is 0.141 e. The SMILES string of the molecule is CC(C)(C)c1ccc(C2=Nc3ccccc3C(Cc3ccc4ccccc4n3)N2c2ccccc2)cc1. The van der Waals surface area contributed by atoms with Crippen LogP contribution in [0.3, 0.4) is 0 Å². The molecule has 1 aromatic heterocycles. The van der Waals surface area contributed by atoms with Gasteiger partial charge in [-0.05, 0) is 41.3 Å². The number of anilines is 1. The van der Waals surface area contributed by atoms with Crippen molar-refractivity contribution in [2.45, 2.75) is 38.6 Å². The van der Waals surface area contributed by atoms with Gasteiger partial charge < -0.3 is 4.90 Å². The third-order valence-corrected chi connectivity index (χ3v) is 7.16. The maximum atomic E-state index is 5.23. The van der Waals surface area contributed by atoms with Gasteiger partial charge in [-0.1, -0.05) is 106 Å². The fraction of sp³-hybridized carbons (Fsp3) is 0.176. The molecule has 37 heavy (non-hydrogen) atoms. The lowest BCUT2D eigenvalue weighted by molar-refractivity contribution is 0.590. The van der Waals surface area contributed by atoms with E-state index in [1.54, 1.807) is 0 Å². The van der Waals surface area contributed by atoms with E-state index in [4.69, 9.17) is 9.98 Å². The Morgan fingerprint density at radius 1 is 0.703 bits per heavy atom. The first-order valence-corrected chi connectivity index (χ1v) is 12.9. The topological polar surface area (TPSA) is 28.5 Å². The number of benzene rings is 4. The predicted molar refractivity (Wildman–Crippen MR) is 155 cm³/mol. The van der Waals surface area contributed by atoms with Crippen LogP contribution in [0.1, 0.15) is 49.2 Å². The normalized spacial score (nSPS) is 15.4. The third kappa shape index (κ3) is 4.53. The van der Waals surface area contributed by atoms with E-state index in [0.717, 1.165) is 45.8 Å². The lowest BCUT2D eigenvalue weighted by Gasteiger charge is -2.38. The highest BCUT2D eigenvalue weighted by Crippen LogP contribution is 2.41. The van der Waals surface area contributed by atoms with Crippen LogP contribution in [0.2, 0.25) is 0 Å². The smallest absolute Gasteiger partial charge is 0.141 e. The Labute approximate surface area is 219 Å². The zero-order valence-electron chi connectivity index (χ0n) is 21.6. The highest BCUT2D eigenvalue weighted by atomic mass is 15.2. The van der Waals surface area contributed by atoms with Gasteiger partial charge in [-0.2, -0.15) is 0 Å². The molecule has 0 saturated heterocycles. The summed E-state index contributed by atoms with van der Waals surface area (Å²) in [4.78, 5) is 12.7. The molecule has 4 aromatic carbocycles. The number of hydrogen-bond acceptors (Lipinski definition) is 3. The van der Waals surface area contributed by atoms with Crippen LogP contribution in [-0.4, -0.2) is 10.8 Å². The van der Waals surface area contributed by atoms with E-state index in [0.29, 0.717) is 0 Å². The average molecular weight is 482 g/mol. The largest absolute Gasteiger partial charge is 0.318 e. The molecule has 0 spiro atoms. The van der Waals surface area contributed by atoms with Gasteiger partial charge in [0.1, 0.15) is 5.84 Å². The predicted octanol–water partition coefficient (Wildman–Crippen LogP) is 8.41. The Hall–Kier alpha value is -4.24. The molecule has 5 aromatic rings. The molecule has 1 unspecified atom stereocenters. The minimum Gasteiger partial charge on any atom is -0.318 e. The van der Waals surface area contributed by atoms with Crippen LogP contribution in [0.5, 0.6) is 0 Å². The summed E-state index contributed by atoms with van der Waals surface area (Å²) in [5.74, 6) is 0.969. The lowest BCUT2D eigenvalue weighted by atomic mass is 9.86. The van der Waals surface area contributed by atoms with Crippen LogP contribution >= 0.6 is 0 Å². The van der Waals surface area contributed by atoms with Gasteiger partial charge in [0.05, 0.1) is 17.2 Å². The summed E-state index contributed by atoms with van der Waals surface area (Å²) < 4.78 is 0. The summed E-state index contributed by atoms with van der Waals surface area (Å²) >= 11 is 0. The second-order valence-electron chi connectivity index (χ2n) is 10.7. The van der Waals surface area contributed by atoms with Crippen molar-refractivity contribution in [3.63, 3.8) is 0 Å². The number of aromatic nitrogens is 1. The first-order chi connectivity index (χ1) is 18.0. The zero-order chi connectivity index (χ0) is 25.4. The summed E-state index contributed by atoms with van der Waals surface area (Å²) in [6, 6.07) is 40.8. The Morgan fingerprint density at radius 2 is 1.41 bits per heavy atom. The molecular weight excluding hydrogens is 450 g/mol. The van der Waals surface area contributed by atoms with Crippen molar-refractivity contribution in [1.82, 2.24) is 4.98 Å². The molecule has 0 N–H and O–H groups in total. The molecule has 0 saturated carbocycles. The molecule has 0 fully saturated rings. The molecule has 0 radical (unpaired) electrons. The van der Waals surface area contributed by atoms with Gasteiger partial charge in [-0.25, -0.2) is 4.99 Å². The molecule has 1 atom stereocenters. The van der Waals surface area contributed by atoms with Gasteiger partial charge in [0, 0.05) is 34.3 Å². The molecule has 1 aliphatic heterocycles. The van der Waals surface area contributed by atoms with Gasteiger partial charge >= 0.3 is 0 Å². The van der Waals surface area contributed by atoms with E-state index in [-0.39, 0.29) is 11.5 Å². The van der Waals surface area contributed by atoms with Crippen LogP contribution < -0.4 is 4.90 Å². The number of rotatable bonds is 4. The molecule has 6 rings (SSSR count). The summed E-state index contributed by atoms with van der Waals surface area (Å²) in [5.41, 5.74) is 8.00. The van der Waals surface area contributed by atoms with E-state index >= 15 is 0 Å². The summed E-state index contributed by atoms with van der Waals surface area (Å²) in [6.07, 6.45) is 0.774. The maximum absolute atomic E-state index is 5.23. The van der Waals surface area contributed by atoms with Crippen LogP contribution in [0, 0.1) is 0 Å². The van der Waals surface area contributed by atoms with E-state index < -0.39 is 0 Å². The zero-order valence-corrected chi connectivity index (χ0v) is 21.6. The molecule has 3 heteroatoms. The number of pyridine rings is 1. The summed E-state index contributed by atoms with van der Waals surface area (Å²) in [6.45, 7) is 6.75. The molecule has 1 aliphatic rings. The van der Waals surface area contributed by atoms with E-state index in [9.17, 15) is 0 Å². The molecule has 182 valence electrons. The Morgan fingerprint density at radius 3 is 2.19 bits per heavy atom. The molecule has 2 heterocycles. The summed E-state index contributed by atoms with van der Waals surface area (Å²) in [5, 5.41) is 1.16. The number of aliphatic imine (C=N–C) groups is 1. The van der Waals surface area contributed by atoms with Crippen LogP contribution in [0.25, 0.3) is 10.9 Å². The number of hydrogen-bond donors (Lipinski definition) is 0. The standard InChI is InChI=1S/C34H31N3/c1-34(2,3)26-20-17-25(18-21-26)33-36-31-16-10-8-14-29(31)32(37(33)28-12-5-4-6-13-28)23-27-22-19-24-11-7-9-15-30(24)35-27/h4-22,32H,23H2,1-3H3. The van der Waals surface area contributed by atoms with Gasteiger partial charge in [0.25, 0.3) is 0 Å². The molecule has 0 bridgehead atoms. The number of fused-ring (bicyclic) bond motifs is 2. The Balaban J connectivity index is 1.50. The third-order valence-electron chi connectivity index (χ3n) is 7.16. The molecular formula is C34H31N3. The van der Waals surface area contributed by atoms with Crippen LogP contribution in [0.15, 0.2) is 120 Å². The number of nitrogens with zero attached hydrogens (tertiary/aromatic N) is 3. The molecule has 3 nitrogen and oxygen atoms in total. The van der Waals surface area contributed by atoms with Crippen molar-refractivity contribution in [1.29, 1.82) is 0 Å². The van der Waals surface area contributed by atoms with E-state index in [1.165, 1.54) is 11.1 Å². The number of amidine groups is 1. The highest BCUT2D eigenvalue weighted by Gasteiger charge is 2.32. The highest BCUT2D eigenvalue weighted by molar-refractivity contribution is 6.12. The monoisotopic (exact) mass is 481 g/mol. The van der Waals surface area contributed by atoms with Crippen molar-refractivity contribution in [3.8, 4) is 0 Å². The van der Waals surface area contributed by atoms with Gasteiger partial charge in [-0.15, -0.1) is 0 Å². The van der Waals surface area contributed by atoms with Crippen LogP contribution in [0.4, 0.5) is 11.4 Å². The quantitative estimate of drug-likeness (QED) is 0.258. The minimum absolute atomic E-state index is 0.0575. The van der Waals surface area contributed by atoms with Crippen molar-refractivity contribution in [2.75, 3.05) is 4.90 Å². The Bertz CT molecular complexity index is 1580. The van der Waals surface area contributed by atoms with Gasteiger partial charge in [0.2, 0.25) is 0 Å². The fourth-order valence-corrected chi connectivity index (χ4v) is 5.16. The van der Waals surface area contributed by atoms with Crippen molar-refractivity contribution in [3.05, 3.63) is 138 Å². The molecule has 0 aliphatic carbocycles.